The van der Waals surface area contributed by atoms with E-state index in [9.17, 15) is 9.90 Å². The Balaban J connectivity index is 1.52. The van der Waals surface area contributed by atoms with Crippen LogP contribution in [0.15, 0.2) is 11.6 Å². The lowest BCUT2D eigenvalue weighted by Gasteiger charge is -2.59. The summed E-state index contributed by atoms with van der Waals surface area (Å²) in [5.41, 5.74) is 1.83. The van der Waals surface area contributed by atoms with Crippen molar-refractivity contribution in [2.45, 2.75) is 104 Å². The summed E-state index contributed by atoms with van der Waals surface area (Å²) >= 11 is 0. The van der Waals surface area contributed by atoms with E-state index in [1.165, 1.54) is 32.1 Å². The summed E-state index contributed by atoms with van der Waals surface area (Å²) in [7, 11) is 0. The average molecular weight is 387 g/mol. The van der Waals surface area contributed by atoms with Gasteiger partial charge < -0.3 is 5.11 Å². The van der Waals surface area contributed by atoms with Crippen LogP contribution in [-0.2, 0) is 4.79 Å². The molecule has 3 saturated carbocycles. The summed E-state index contributed by atoms with van der Waals surface area (Å²) < 4.78 is 0. The van der Waals surface area contributed by atoms with Gasteiger partial charge in [-0.1, -0.05) is 39.3 Å². The second-order valence-electron chi connectivity index (χ2n) is 11.9. The van der Waals surface area contributed by atoms with E-state index in [0.29, 0.717) is 16.6 Å². The molecule has 4 rings (SSSR count). The van der Waals surface area contributed by atoms with E-state index in [1.54, 1.807) is 5.57 Å². The molecule has 1 N–H and O–H groups in total. The third kappa shape index (κ3) is 3.22. The third-order valence-electron chi connectivity index (χ3n) is 9.96. The molecular weight excluding hydrogens is 344 g/mol. The molecule has 0 amide bonds. The quantitative estimate of drug-likeness (QED) is 0.574. The highest BCUT2D eigenvalue weighted by Gasteiger charge is 2.58. The minimum Gasteiger partial charge on any atom is -0.390 e. The van der Waals surface area contributed by atoms with Crippen LogP contribution < -0.4 is 0 Å². The number of carbonyl (C=O) groups excluding carboxylic acids is 1. The summed E-state index contributed by atoms with van der Waals surface area (Å²) in [5, 5.41) is 10.6. The maximum Gasteiger partial charge on any atom is 0.135 e. The Morgan fingerprint density at radius 2 is 1.86 bits per heavy atom. The van der Waals surface area contributed by atoms with Gasteiger partial charge in [-0.25, -0.2) is 0 Å². The molecule has 0 aromatic carbocycles. The maximum absolute atomic E-state index is 12.2. The number of carbonyl (C=O) groups is 1. The van der Waals surface area contributed by atoms with Gasteiger partial charge in [0.1, 0.15) is 5.78 Å². The first kappa shape index (κ1) is 20.6. The molecule has 6 unspecified atom stereocenters. The van der Waals surface area contributed by atoms with E-state index in [2.05, 4.69) is 19.9 Å². The van der Waals surface area contributed by atoms with Gasteiger partial charge in [0.2, 0.25) is 0 Å². The number of aliphatic hydroxyl groups is 1. The molecule has 0 radical (unpaired) electrons. The van der Waals surface area contributed by atoms with Crippen LogP contribution in [0.1, 0.15) is 98.8 Å². The first-order valence-electron chi connectivity index (χ1n) is 12.0. The molecule has 7 atom stereocenters. The van der Waals surface area contributed by atoms with E-state index in [-0.39, 0.29) is 5.92 Å². The van der Waals surface area contributed by atoms with E-state index in [1.807, 2.05) is 20.8 Å². The van der Waals surface area contributed by atoms with E-state index in [4.69, 9.17) is 0 Å². The maximum atomic E-state index is 12.2. The topological polar surface area (TPSA) is 37.3 Å². The predicted molar refractivity (Wildman–Crippen MR) is 115 cm³/mol. The molecule has 0 aromatic heterocycles. The van der Waals surface area contributed by atoms with Crippen LogP contribution in [0.4, 0.5) is 0 Å². The number of hydrogen-bond donors (Lipinski definition) is 1. The molecule has 4 aliphatic carbocycles. The number of ketones is 1. The van der Waals surface area contributed by atoms with Gasteiger partial charge in [-0.2, -0.15) is 0 Å². The number of allylic oxidation sites excluding steroid dienone is 1. The van der Waals surface area contributed by atoms with Crippen LogP contribution in [0.2, 0.25) is 0 Å². The van der Waals surface area contributed by atoms with Gasteiger partial charge in [0, 0.05) is 12.3 Å². The number of rotatable bonds is 4. The molecule has 0 heterocycles. The average Bonchev–Trinajstić information content (AvgIpc) is 2.96. The highest BCUT2D eigenvalue weighted by Crippen LogP contribution is 2.67. The van der Waals surface area contributed by atoms with Crippen LogP contribution in [0, 0.1) is 40.4 Å². The van der Waals surface area contributed by atoms with E-state index >= 15 is 0 Å². The lowest BCUT2D eigenvalue weighted by atomic mass is 9.46. The molecule has 3 fully saturated rings. The van der Waals surface area contributed by atoms with Crippen LogP contribution in [0.25, 0.3) is 0 Å². The van der Waals surface area contributed by atoms with Crippen molar-refractivity contribution in [1.82, 2.24) is 0 Å². The van der Waals surface area contributed by atoms with Crippen molar-refractivity contribution in [2.75, 3.05) is 0 Å². The first-order chi connectivity index (χ1) is 13.1. The van der Waals surface area contributed by atoms with Gasteiger partial charge >= 0.3 is 0 Å². The fraction of sp³-hybridized carbons (Fsp3) is 0.885. The Hall–Kier alpha value is -0.630. The summed E-state index contributed by atoms with van der Waals surface area (Å²) in [6.45, 7) is 11.2. The fourth-order valence-corrected chi connectivity index (χ4v) is 7.99. The fourth-order valence-electron chi connectivity index (χ4n) is 7.99. The van der Waals surface area contributed by atoms with Crippen molar-refractivity contribution in [3.05, 3.63) is 11.6 Å². The molecule has 0 bridgehead atoms. The Kier molecular flexibility index (Phi) is 5.13. The van der Waals surface area contributed by atoms with Crippen molar-refractivity contribution in [3.8, 4) is 0 Å². The molecule has 0 spiro atoms. The largest absolute Gasteiger partial charge is 0.390 e. The second-order valence-corrected chi connectivity index (χ2v) is 11.9. The third-order valence-corrected chi connectivity index (χ3v) is 9.96. The van der Waals surface area contributed by atoms with Gasteiger partial charge in [-0.15, -0.1) is 0 Å². The second kappa shape index (κ2) is 6.96. The van der Waals surface area contributed by atoms with E-state index in [0.717, 1.165) is 55.8 Å². The molecule has 28 heavy (non-hydrogen) atoms. The predicted octanol–water partition coefficient (Wildman–Crippen LogP) is 6.32. The van der Waals surface area contributed by atoms with Crippen molar-refractivity contribution in [1.29, 1.82) is 0 Å². The molecule has 0 saturated heterocycles. The molecule has 0 aliphatic heterocycles. The Morgan fingerprint density at radius 1 is 1.11 bits per heavy atom. The highest BCUT2D eigenvalue weighted by molar-refractivity contribution is 5.80. The lowest BCUT2D eigenvalue weighted by Crippen LogP contribution is -2.51. The minimum atomic E-state index is -0.497. The number of fused-ring (bicyclic) bond motifs is 5. The SMILES string of the molecule is CC(C)C(=O)CCC1CCC2C3CC=C4C[C@@](C)(O)CCC4(C)C3CCC12C. The normalized spacial score (nSPS) is 47.9. The zero-order chi connectivity index (χ0) is 20.3. The summed E-state index contributed by atoms with van der Waals surface area (Å²) in [6.07, 6.45) is 14.1. The first-order valence-corrected chi connectivity index (χ1v) is 12.0. The van der Waals surface area contributed by atoms with Gasteiger partial charge in [0.15, 0.2) is 0 Å². The molecule has 4 aliphatic rings. The number of Topliss-reactive ketones (excluding diaryl/α,β-unsaturated/α-hetero) is 1. The van der Waals surface area contributed by atoms with Crippen LogP contribution >= 0.6 is 0 Å². The monoisotopic (exact) mass is 386 g/mol. The molecular formula is C26H42O2. The summed E-state index contributed by atoms with van der Waals surface area (Å²) in [5.74, 6) is 3.84. The van der Waals surface area contributed by atoms with Gasteiger partial charge in [0.05, 0.1) is 5.60 Å². The highest BCUT2D eigenvalue weighted by atomic mass is 16.3. The van der Waals surface area contributed by atoms with E-state index < -0.39 is 5.60 Å². The summed E-state index contributed by atoms with van der Waals surface area (Å²) in [4.78, 5) is 12.2. The van der Waals surface area contributed by atoms with Crippen molar-refractivity contribution >= 4 is 5.78 Å². The number of hydrogen-bond acceptors (Lipinski definition) is 2. The molecule has 158 valence electrons. The molecule has 2 heteroatoms. The van der Waals surface area contributed by atoms with Gasteiger partial charge in [0.25, 0.3) is 0 Å². The van der Waals surface area contributed by atoms with Gasteiger partial charge in [-0.05, 0) is 99.2 Å². The molecule has 0 aromatic rings. The Morgan fingerprint density at radius 3 is 2.57 bits per heavy atom. The van der Waals surface area contributed by atoms with Crippen LogP contribution in [0.3, 0.4) is 0 Å². The van der Waals surface area contributed by atoms with Crippen LogP contribution in [-0.4, -0.2) is 16.5 Å². The summed E-state index contributed by atoms with van der Waals surface area (Å²) in [6, 6.07) is 0. The Labute approximate surface area is 172 Å². The molecule has 2 nitrogen and oxygen atoms in total. The van der Waals surface area contributed by atoms with Crippen molar-refractivity contribution < 1.29 is 9.90 Å². The van der Waals surface area contributed by atoms with Crippen molar-refractivity contribution in [3.63, 3.8) is 0 Å². The smallest absolute Gasteiger partial charge is 0.135 e. The Bertz CT molecular complexity index is 659. The van der Waals surface area contributed by atoms with Crippen molar-refractivity contribution in [2.24, 2.45) is 40.4 Å². The van der Waals surface area contributed by atoms with Gasteiger partial charge in [-0.3, -0.25) is 4.79 Å². The standard InChI is InChI=1S/C26H42O2/c1-17(2)23(27)11-8-18-7-10-21-20-9-6-19-16-24(3,28)14-15-26(19,5)22(20)12-13-25(18,21)4/h6,17-18,20-22,28H,7-16H2,1-5H3/t18?,20?,21?,22?,24-,25?,26?/m0/s1. The van der Waals surface area contributed by atoms with Crippen LogP contribution in [0.5, 0.6) is 0 Å². The minimum absolute atomic E-state index is 0.186. The zero-order valence-electron chi connectivity index (χ0n) is 18.9. The zero-order valence-corrected chi connectivity index (χ0v) is 18.9. The lowest BCUT2D eigenvalue weighted by molar-refractivity contribution is -0.122.